The van der Waals surface area contributed by atoms with Gasteiger partial charge in [-0.15, -0.1) is 0 Å². The number of ether oxygens (including phenoxy) is 1. The second-order valence-corrected chi connectivity index (χ2v) is 3.75. The Hall–Kier alpha value is -2.17. The van der Waals surface area contributed by atoms with E-state index < -0.39 is 4.92 Å². The molecule has 0 bridgehead atoms. The number of nitro benzene ring substituents is 1. The first-order valence-electron chi connectivity index (χ1n) is 5.62. The van der Waals surface area contributed by atoms with Gasteiger partial charge in [0, 0.05) is 17.7 Å². The van der Waals surface area contributed by atoms with Gasteiger partial charge in [0.25, 0.3) is 5.69 Å². The largest absolute Gasteiger partial charge is 0.463 e. The number of rotatable bonds is 6. The van der Waals surface area contributed by atoms with Gasteiger partial charge in [-0.2, -0.15) is 0 Å². The van der Waals surface area contributed by atoms with Gasteiger partial charge in [-0.1, -0.05) is 18.7 Å². The van der Waals surface area contributed by atoms with Gasteiger partial charge >= 0.3 is 5.97 Å². The van der Waals surface area contributed by atoms with Crippen LogP contribution in [0.1, 0.15) is 18.9 Å². The molecule has 1 aromatic carbocycles. The van der Waals surface area contributed by atoms with Crippen LogP contribution >= 0.6 is 0 Å². The van der Waals surface area contributed by atoms with Gasteiger partial charge in [0.2, 0.25) is 0 Å². The van der Waals surface area contributed by atoms with Gasteiger partial charge in [0.15, 0.2) is 0 Å². The van der Waals surface area contributed by atoms with Crippen LogP contribution in [0.25, 0.3) is 0 Å². The molecule has 0 spiro atoms. The fourth-order valence-corrected chi connectivity index (χ4v) is 1.41. The first kappa shape index (κ1) is 13.9. The number of esters is 1. The molecule has 5 nitrogen and oxygen atoms in total. The zero-order valence-corrected chi connectivity index (χ0v) is 10.2. The van der Waals surface area contributed by atoms with Crippen molar-refractivity contribution in [2.45, 2.75) is 19.8 Å². The molecule has 0 amide bonds. The molecule has 96 valence electrons. The van der Waals surface area contributed by atoms with Gasteiger partial charge in [-0.05, 0) is 25.3 Å². The molecule has 0 aliphatic carbocycles. The van der Waals surface area contributed by atoms with E-state index in [1.54, 1.807) is 19.1 Å². The van der Waals surface area contributed by atoms with Crippen molar-refractivity contribution in [2.75, 3.05) is 6.61 Å². The van der Waals surface area contributed by atoms with Crippen molar-refractivity contribution in [1.82, 2.24) is 0 Å². The van der Waals surface area contributed by atoms with Crippen LogP contribution in [0.5, 0.6) is 0 Å². The van der Waals surface area contributed by atoms with Crippen LogP contribution in [0, 0.1) is 10.1 Å². The van der Waals surface area contributed by atoms with Crippen molar-refractivity contribution in [1.29, 1.82) is 0 Å². The molecule has 0 fully saturated rings. The van der Waals surface area contributed by atoms with Gasteiger partial charge in [-0.25, -0.2) is 4.79 Å². The van der Waals surface area contributed by atoms with E-state index in [-0.39, 0.29) is 11.7 Å². The summed E-state index contributed by atoms with van der Waals surface area (Å²) in [5.41, 5.74) is 1.39. The van der Waals surface area contributed by atoms with Gasteiger partial charge in [0.05, 0.1) is 11.5 Å². The lowest BCUT2D eigenvalue weighted by Crippen LogP contribution is -2.07. The number of aryl methyl sites for hydroxylation is 1. The van der Waals surface area contributed by atoms with E-state index >= 15 is 0 Å². The van der Waals surface area contributed by atoms with E-state index in [1.807, 2.05) is 0 Å². The average Bonchev–Trinajstić information content (AvgIpc) is 2.36. The Kier molecular flexibility index (Phi) is 5.05. The zero-order chi connectivity index (χ0) is 13.5. The van der Waals surface area contributed by atoms with Crippen molar-refractivity contribution in [3.63, 3.8) is 0 Å². The Balaban J connectivity index is 2.51. The Labute approximate surface area is 105 Å². The van der Waals surface area contributed by atoms with Gasteiger partial charge in [-0.3, -0.25) is 10.1 Å². The Morgan fingerprint density at radius 2 is 2.00 bits per heavy atom. The highest BCUT2D eigenvalue weighted by Crippen LogP contribution is 2.14. The number of benzene rings is 1. The van der Waals surface area contributed by atoms with Crippen LogP contribution in [0.2, 0.25) is 0 Å². The second kappa shape index (κ2) is 6.54. The minimum absolute atomic E-state index is 0.0583. The summed E-state index contributed by atoms with van der Waals surface area (Å²) in [4.78, 5) is 21.3. The SMILES string of the molecule is C=C(CCc1ccc([N+](=O)[O-])cc1)C(=O)OCC. The summed E-state index contributed by atoms with van der Waals surface area (Å²) in [6.45, 7) is 5.72. The molecule has 0 aromatic heterocycles. The lowest BCUT2D eigenvalue weighted by Gasteiger charge is -2.05. The molecule has 0 radical (unpaired) electrons. The summed E-state index contributed by atoms with van der Waals surface area (Å²) in [5, 5.41) is 10.5. The van der Waals surface area contributed by atoms with Crippen LogP contribution in [-0.2, 0) is 16.0 Å². The van der Waals surface area contributed by atoms with Gasteiger partial charge in [0.1, 0.15) is 0 Å². The average molecular weight is 249 g/mol. The van der Waals surface area contributed by atoms with Crippen LogP contribution < -0.4 is 0 Å². The Bertz CT molecular complexity index is 451. The number of nitrogens with zero attached hydrogens (tertiary/aromatic N) is 1. The number of hydrogen-bond donors (Lipinski definition) is 0. The summed E-state index contributed by atoms with van der Waals surface area (Å²) < 4.78 is 4.81. The van der Waals surface area contributed by atoms with E-state index in [9.17, 15) is 14.9 Å². The lowest BCUT2D eigenvalue weighted by molar-refractivity contribution is -0.384. The summed E-state index contributed by atoms with van der Waals surface area (Å²) in [5.74, 6) is -0.389. The fourth-order valence-electron chi connectivity index (χ4n) is 1.41. The molecule has 0 saturated heterocycles. The molecule has 0 heterocycles. The maximum absolute atomic E-state index is 11.3. The van der Waals surface area contributed by atoms with E-state index in [0.717, 1.165) is 5.56 Å². The van der Waals surface area contributed by atoms with Crippen LogP contribution in [0.3, 0.4) is 0 Å². The molecule has 0 aliphatic rings. The lowest BCUT2D eigenvalue weighted by atomic mass is 10.1. The molecule has 18 heavy (non-hydrogen) atoms. The topological polar surface area (TPSA) is 69.4 Å². The predicted octanol–water partition coefficient (Wildman–Crippen LogP) is 2.65. The Morgan fingerprint density at radius 1 is 1.39 bits per heavy atom. The predicted molar refractivity (Wildman–Crippen MR) is 67.2 cm³/mol. The van der Waals surface area contributed by atoms with Crippen molar-refractivity contribution >= 4 is 11.7 Å². The third-order valence-electron chi connectivity index (χ3n) is 2.43. The first-order chi connectivity index (χ1) is 8.54. The summed E-state index contributed by atoms with van der Waals surface area (Å²) in [6, 6.07) is 6.25. The van der Waals surface area contributed by atoms with Gasteiger partial charge < -0.3 is 4.74 Å². The summed E-state index contributed by atoms with van der Waals surface area (Å²) >= 11 is 0. The fraction of sp³-hybridized carbons (Fsp3) is 0.308. The number of nitro groups is 1. The molecule has 0 unspecified atom stereocenters. The molecular formula is C13H15NO4. The molecule has 0 saturated carbocycles. The van der Waals surface area contributed by atoms with Crippen LogP contribution in [0.4, 0.5) is 5.69 Å². The van der Waals surface area contributed by atoms with E-state index in [2.05, 4.69) is 6.58 Å². The van der Waals surface area contributed by atoms with Crippen molar-refractivity contribution in [3.8, 4) is 0 Å². The molecule has 0 N–H and O–H groups in total. The smallest absolute Gasteiger partial charge is 0.333 e. The van der Waals surface area contributed by atoms with E-state index in [4.69, 9.17) is 4.74 Å². The minimum Gasteiger partial charge on any atom is -0.463 e. The maximum Gasteiger partial charge on any atom is 0.333 e. The molecule has 0 aliphatic heterocycles. The molecule has 1 rings (SSSR count). The van der Waals surface area contributed by atoms with Crippen LogP contribution in [0.15, 0.2) is 36.4 Å². The summed E-state index contributed by atoms with van der Waals surface area (Å²) in [7, 11) is 0. The highest BCUT2D eigenvalue weighted by Gasteiger charge is 2.08. The third kappa shape index (κ3) is 4.01. The van der Waals surface area contributed by atoms with Crippen molar-refractivity contribution < 1.29 is 14.5 Å². The zero-order valence-electron chi connectivity index (χ0n) is 10.2. The van der Waals surface area contributed by atoms with E-state index in [0.29, 0.717) is 25.0 Å². The molecular weight excluding hydrogens is 234 g/mol. The van der Waals surface area contributed by atoms with E-state index in [1.165, 1.54) is 12.1 Å². The highest BCUT2D eigenvalue weighted by molar-refractivity contribution is 5.87. The molecule has 5 heteroatoms. The number of carbonyl (C=O) groups excluding carboxylic acids is 1. The normalized spacial score (nSPS) is 9.83. The minimum atomic E-state index is -0.443. The number of carbonyl (C=O) groups is 1. The first-order valence-corrected chi connectivity index (χ1v) is 5.62. The Morgan fingerprint density at radius 3 is 2.50 bits per heavy atom. The highest BCUT2D eigenvalue weighted by atomic mass is 16.6. The summed E-state index contributed by atoms with van der Waals surface area (Å²) in [6.07, 6.45) is 1.09. The van der Waals surface area contributed by atoms with Crippen LogP contribution in [-0.4, -0.2) is 17.5 Å². The molecule has 0 atom stereocenters. The monoisotopic (exact) mass is 249 g/mol. The maximum atomic E-state index is 11.3. The van der Waals surface area contributed by atoms with Crippen molar-refractivity contribution in [2.24, 2.45) is 0 Å². The molecule has 1 aromatic rings. The van der Waals surface area contributed by atoms with Crippen molar-refractivity contribution in [3.05, 3.63) is 52.1 Å². The third-order valence-corrected chi connectivity index (χ3v) is 2.43. The number of hydrogen-bond acceptors (Lipinski definition) is 4. The quantitative estimate of drug-likeness (QED) is 0.336. The standard InChI is InChI=1S/C13H15NO4/c1-3-18-13(15)10(2)4-5-11-6-8-12(9-7-11)14(16)17/h6-9H,2-5H2,1H3. The second-order valence-electron chi connectivity index (χ2n) is 3.75. The number of non-ortho nitro benzene ring substituents is 1.